The summed E-state index contributed by atoms with van der Waals surface area (Å²) in [5, 5.41) is 2.98. The number of carbonyl (C=O) groups is 1. The second kappa shape index (κ2) is 8.51. The van der Waals surface area contributed by atoms with Gasteiger partial charge in [-0.1, -0.05) is 0 Å². The molecule has 0 radical (unpaired) electrons. The van der Waals surface area contributed by atoms with E-state index in [-0.39, 0.29) is 11.9 Å². The van der Waals surface area contributed by atoms with Crippen LogP contribution in [0.3, 0.4) is 0 Å². The van der Waals surface area contributed by atoms with Crippen LogP contribution in [0.5, 0.6) is 11.5 Å². The summed E-state index contributed by atoms with van der Waals surface area (Å²) in [6.45, 7) is 3.58. The summed E-state index contributed by atoms with van der Waals surface area (Å²) in [6.07, 6.45) is 3.11. The average Bonchev–Trinajstić information content (AvgIpc) is 3.10. The third-order valence-corrected chi connectivity index (χ3v) is 5.44. The number of rotatable bonds is 6. The van der Waals surface area contributed by atoms with Gasteiger partial charge in [0.2, 0.25) is 0 Å². The number of hydrogen-bond donors (Lipinski definition) is 1. The largest absolute Gasteiger partial charge is 0.493 e. The van der Waals surface area contributed by atoms with Crippen LogP contribution in [0.15, 0.2) is 23.6 Å². The molecule has 1 aromatic carbocycles. The third kappa shape index (κ3) is 4.16. The van der Waals surface area contributed by atoms with Crippen molar-refractivity contribution in [2.45, 2.75) is 38.8 Å². The fourth-order valence-corrected chi connectivity index (χ4v) is 3.82. The standard InChI is InChI=1S/C19H25N3O3S/c1-13-21-15(12-26-13)11-25-17-7-6-14(9-18(17)24-2)19(23)22-8-4-3-5-16(22)10-20/h6-7,9,12,16H,3-5,8,10-11,20H2,1-2H3/t16-/m1/s1. The van der Waals surface area contributed by atoms with Crippen LogP contribution in [0.25, 0.3) is 0 Å². The molecule has 1 amide bonds. The minimum atomic E-state index is 0.000117. The number of amides is 1. The number of nitrogens with two attached hydrogens (primary N) is 1. The van der Waals surface area contributed by atoms with Crippen LogP contribution >= 0.6 is 11.3 Å². The number of ether oxygens (including phenoxy) is 2. The van der Waals surface area contributed by atoms with E-state index < -0.39 is 0 Å². The quantitative estimate of drug-likeness (QED) is 0.840. The van der Waals surface area contributed by atoms with Gasteiger partial charge in [0, 0.05) is 30.1 Å². The molecule has 140 valence electrons. The second-order valence-corrected chi connectivity index (χ2v) is 7.46. The number of aryl methyl sites for hydroxylation is 1. The molecule has 1 aromatic heterocycles. The molecule has 2 heterocycles. The smallest absolute Gasteiger partial charge is 0.254 e. The van der Waals surface area contributed by atoms with Crippen molar-refractivity contribution in [3.63, 3.8) is 0 Å². The van der Waals surface area contributed by atoms with E-state index in [4.69, 9.17) is 15.2 Å². The van der Waals surface area contributed by atoms with Gasteiger partial charge in [-0.05, 0) is 44.4 Å². The molecule has 0 spiro atoms. The predicted molar refractivity (Wildman–Crippen MR) is 102 cm³/mol. The van der Waals surface area contributed by atoms with Gasteiger partial charge in [-0.2, -0.15) is 0 Å². The number of nitrogens with zero attached hydrogens (tertiary/aromatic N) is 2. The van der Waals surface area contributed by atoms with Crippen LogP contribution in [0.2, 0.25) is 0 Å². The first kappa shape index (κ1) is 18.7. The summed E-state index contributed by atoms with van der Waals surface area (Å²) in [4.78, 5) is 19.2. The second-order valence-electron chi connectivity index (χ2n) is 6.40. The minimum Gasteiger partial charge on any atom is -0.493 e. The zero-order valence-corrected chi connectivity index (χ0v) is 16.1. The summed E-state index contributed by atoms with van der Waals surface area (Å²) in [7, 11) is 1.58. The Morgan fingerprint density at radius 1 is 1.38 bits per heavy atom. The van der Waals surface area contributed by atoms with E-state index in [9.17, 15) is 4.79 Å². The number of methoxy groups -OCH3 is 1. The highest BCUT2D eigenvalue weighted by Crippen LogP contribution is 2.30. The Labute approximate surface area is 157 Å². The Kier molecular flexibility index (Phi) is 6.11. The van der Waals surface area contributed by atoms with Crippen molar-refractivity contribution in [2.24, 2.45) is 5.73 Å². The van der Waals surface area contributed by atoms with E-state index in [2.05, 4.69) is 4.98 Å². The molecular weight excluding hydrogens is 350 g/mol. The maximum atomic E-state index is 12.9. The Morgan fingerprint density at radius 2 is 2.23 bits per heavy atom. The molecule has 0 aliphatic carbocycles. The topological polar surface area (TPSA) is 77.7 Å². The van der Waals surface area contributed by atoms with Crippen molar-refractivity contribution in [1.29, 1.82) is 0 Å². The molecule has 3 rings (SSSR count). The lowest BCUT2D eigenvalue weighted by Gasteiger charge is -2.35. The zero-order valence-electron chi connectivity index (χ0n) is 15.2. The summed E-state index contributed by atoms with van der Waals surface area (Å²) in [5.41, 5.74) is 7.32. The lowest BCUT2D eigenvalue weighted by atomic mass is 10.0. The molecule has 1 saturated heterocycles. The van der Waals surface area contributed by atoms with Crippen LogP contribution in [-0.4, -0.2) is 42.0 Å². The molecule has 26 heavy (non-hydrogen) atoms. The van der Waals surface area contributed by atoms with E-state index in [1.165, 1.54) is 0 Å². The Balaban J connectivity index is 1.74. The number of hydrogen-bond acceptors (Lipinski definition) is 6. The van der Waals surface area contributed by atoms with Crippen molar-refractivity contribution >= 4 is 17.2 Å². The fourth-order valence-electron chi connectivity index (χ4n) is 3.22. The Hall–Kier alpha value is -2.12. The van der Waals surface area contributed by atoms with Gasteiger partial charge in [-0.25, -0.2) is 4.98 Å². The molecule has 6 nitrogen and oxygen atoms in total. The van der Waals surface area contributed by atoms with Gasteiger partial charge in [-0.3, -0.25) is 4.79 Å². The number of likely N-dealkylation sites (tertiary alicyclic amines) is 1. The van der Waals surface area contributed by atoms with Crippen molar-refractivity contribution < 1.29 is 14.3 Å². The third-order valence-electron chi connectivity index (χ3n) is 4.61. The zero-order chi connectivity index (χ0) is 18.5. The fraction of sp³-hybridized carbons (Fsp3) is 0.474. The first-order valence-corrected chi connectivity index (χ1v) is 9.73. The highest BCUT2D eigenvalue weighted by Gasteiger charge is 2.27. The van der Waals surface area contributed by atoms with Crippen LogP contribution in [0, 0.1) is 6.92 Å². The average molecular weight is 375 g/mol. The molecule has 0 saturated carbocycles. The van der Waals surface area contributed by atoms with Gasteiger partial charge in [0.05, 0.1) is 17.8 Å². The molecule has 7 heteroatoms. The number of aromatic nitrogens is 1. The van der Waals surface area contributed by atoms with Gasteiger partial charge in [-0.15, -0.1) is 11.3 Å². The first-order valence-electron chi connectivity index (χ1n) is 8.85. The van der Waals surface area contributed by atoms with Crippen molar-refractivity contribution in [3.05, 3.63) is 39.8 Å². The van der Waals surface area contributed by atoms with E-state index in [1.54, 1.807) is 36.6 Å². The van der Waals surface area contributed by atoms with Crippen LogP contribution < -0.4 is 15.2 Å². The normalized spacial score (nSPS) is 17.2. The highest BCUT2D eigenvalue weighted by molar-refractivity contribution is 7.09. The molecule has 0 bridgehead atoms. The van der Waals surface area contributed by atoms with Crippen molar-refractivity contribution in [3.8, 4) is 11.5 Å². The van der Waals surface area contributed by atoms with E-state index in [0.29, 0.717) is 30.2 Å². The predicted octanol–water partition coefficient (Wildman–Crippen LogP) is 2.99. The number of carbonyl (C=O) groups excluding carboxylic acids is 1. The van der Waals surface area contributed by atoms with Crippen LogP contribution in [0.1, 0.15) is 40.3 Å². The summed E-state index contributed by atoms with van der Waals surface area (Å²) in [5.74, 6) is 1.15. The van der Waals surface area contributed by atoms with Gasteiger partial charge in [0.25, 0.3) is 5.91 Å². The Morgan fingerprint density at radius 3 is 2.92 bits per heavy atom. The minimum absolute atomic E-state index is 0.000117. The molecular formula is C19H25N3O3S. The molecule has 1 aliphatic rings. The van der Waals surface area contributed by atoms with Gasteiger partial charge in [0.15, 0.2) is 11.5 Å². The summed E-state index contributed by atoms with van der Waals surface area (Å²) < 4.78 is 11.3. The number of piperidine rings is 1. The van der Waals surface area contributed by atoms with Crippen molar-refractivity contribution in [1.82, 2.24) is 9.88 Å². The Bertz CT molecular complexity index is 762. The van der Waals surface area contributed by atoms with Gasteiger partial charge >= 0.3 is 0 Å². The number of benzene rings is 1. The molecule has 2 aromatic rings. The van der Waals surface area contributed by atoms with E-state index in [0.717, 1.165) is 36.5 Å². The van der Waals surface area contributed by atoms with E-state index >= 15 is 0 Å². The SMILES string of the molecule is COc1cc(C(=O)N2CCCC[C@@H]2CN)ccc1OCc1csc(C)n1. The molecule has 2 N–H and O–H groups in total. The molecule has 1 fully saturated rings. The maximum absolute atomic E-state index is 12.9. The highest BCUT2D eigenvalue weighted by atomic mass is 32.1. The van der Waals surface area contributed by atoms with Crippen LogP contribution in [-0.2, 0) is 6.61 Å². The number of thiazole rings is 1. The van der Waals surface area contributed by atoms with Crippen LogP contribution in [0.4, 0.5) is 0 Å². The molecule has 1 aliphatic heterocycles. The van der Waals surface area contributed by atoms with E-state index in [1.807, 2.05) is 17.2 Å². The molecule has 0 unspecified atom stereocenters. The van der Waals surface area contributed by atoms with Gasteiger partial charge in [0.1, 0.15) is 6.61 Å². The van der Waals surface area contributed by atoms with Gasteiger partial charge < -0.3 is 20.1 Å². The summed E-state index contributed by atoms with van der Waals surface area (Å²) >= 11 is 1.59. The molecule has 1 atom stereocenters. The summed E-state index contributed by atoms with van der Waals surface area (Å²) in [6, 6.07) is 5.43. The van der Waals surface area contributed by atoms with Crippen molar-refractivity contribution in [2.75, 3.05) is 20.2 Å². The first-order chi connectivity index (χ1) is 12.6. The monoisotopic (exact) mass is 375 g/mol. The maximum Gasteiger partial charge on any atom is 0.254 e. The lowest BCUT2D eigenvalue weighted by molar-refractivity contribution is 0.0623. The lowest BCUT2D eigenvalue weighted by Crippen LogP contribution is -2.47.